The molecule has 0 unspecified atom stereocenters. The third kappa shape index (κ3) is 6.28. The number of halogens is 1. The maximum atomic E-state index is 13.2. The van der Waals surface area contributed by atoms with E-state index in [1.807, 2.05) is 13.8 Å². The first-order valence-electron chi connectivity index (χ1n) is 9.02. The van der Waals surface area contributed by atoms with Crippen molar-refractivity contribution in [2.24, 2.45) is 5.92 Å². The standard InChI is InChI=1S/C19H28FN3O5/c1-11(2)9-16(24)19(27)23(12(3)17(25)22-28)15(18(26)21-4)10-13-5-7-14(20)8-6-13/h5-8,11-12,15-16,24,28H,9-10H2,1-4H3,(H,21,26)(H,22,25)/t12-,15-,16-/m0/s1. The highest BCUT2D eigenvalue weighted by molar-refractivity contribution is 5.93. The number of hydroxylamine groups is 1. The summed E-state index contributed by atoms with van der Waals surface area (Å²) in [5.74, 6) is -2.72. The van der Waals surface area contributed by atoms with Gasteiger partial charge in [-0.05, 0) is 37.0 Å². The number of hydrogen-bond acceptors (Lipinski definition) is 5. The third-order valence-electron chi connectivity index (χ3n) is 4.37. The molecule has 1 aromatic rings. The van der Waals surface area contributed by atoms with Crippen molar-refractivity contribution in [3.8, 4) is 0 Å². The second-order valence-electron chi connectivity index (χ2n) is 7.00. The maximum Gasteiger partial charge on any atom is 0.265 e. The number of carbonyl (C=O) groups is 3. The van der Waals surface area contributed by atoms with E-state index in [1.54, 1.807) is 0 Å². The second-order valence-corrected chi connectivity index (χ2v) is 7.00. The summed E-state index contributed by atoms with van der Waals surface area (Å²) in [6.07, 6.45) is -1.29. The number of benzene rings is 1. The molecule has 0 aliphatic rings. The number of aliphatic hydroxyl groups is 1. The Balaban J connectivity index is 3.31. The van der Waals surface area contributed by atoms with Crippen LogP contribution in [-0.4, -0.2) is 58.2 Å². The van der Waals surface area contributed by atoms with Gasteiger partial charge in [-0.2, -0.15) is 0 Å². The summed E-state index contributed by atoms with van der Waals surface area (Å²) in [7, 11) is 1.38. The highest BCUT2D eigenvalue weighted by Crippen LogP contribution is 2.18. The Bertz CT molecular complexity index is 681. The molecular weight excluding hydrogens is 369 g/mol. The average Bonchev–Trinajstić information content (AvgIpc) is 2.66. The number of rotatable bonds is 9. The molecule has 9 heteroatoms. The van der Waals surface area contributed by atoms with Crippen molar-refractivity contribution < 1.29 is 29.1 Å². The summed E-state index contributed by atoms with van der Waals surface area (Å²) < 4.78 is 13.2. The molecule has 0 aromatic heterocycles. The van der Waals surface area contributed by atoms with Crippen LogP contribution >= 0.6 is 0 Å². The molecule has 0 spiro atoms. The monoisotopic (exact) mass is 397 g/mol. The van der Waals surface area contributed by atoms with Gasteiger partial charge in [0.2, 0.25) is 5.91 Å². The zero-order valence-corrected chi connectivity index (χ0v) is 16.5. The predicted molar refractivity (Wildman–Crippen MR) is 99.7 cm³/mol. The van der Waals surface area contributed by atoms with Gasteiger partial charge in [-0.3, -0.25) is 19.6 Å². The van der Waals surface area contributed by atoms with Gasteiger partial charge >= 0.3 is 0 Å². The number of likely N-dealkylation sites (N-methyl/N-ethyl adjacent to an activating group) is 1. The fourth-order valence-corrected chi connectivity index (χ4v) is 2.88. The van der Waals surface area contributed by atoms with Crippen LogP contribution in [0.3, 0.4) is 0 Å². The average molecular weight is 397 g/mol. The Morgan fingerprint density at radius 2 is 1.68 bits per heavy atom. The van der Waals surface area contributed by atoms with Crippen LogP contribution in [0.1, 0.15) is 32.8 Å². The highest BCUT2D eigenvalue weighted by Gasteiger charge is 2.38. The van der Waals surface area contributed by atoms with Crippen molar-refractivity contribution in [1.82, 2.24) is 15.7 Å². The summed E-state index contributed by atoms with van der Waals surface area (Å²) in [5, 5.41) is 21.7. The topological polar surface area (TPSA) is 119 Å². The molecule has 0 saturated heterocycles. The van der Waals surface area contributed by atoms with Gasteiger partial charge in [0.1, 0.15) is 24.0 Å². The number of carbonyl (C=O) groups excluding carboxylic acids is 3. The fraction of sp³-hybridized carbons (Fsp3) is 0.526. The lowest BCUT2D eigenvalue weighted by Gasteiger charge is -2.36. The second kappa shape index (κ2) is 10.7. The SMILES string of the molecule is CNC(=O)[C@H](Cc1ccc(F)cc1)N(C(=O)[C@@H](O)CC(C)C)[C@@H](C)C(=O)NO. The van der Waals surface area contributed by atoms with Gasteiger partial charge in [-0.15, -0.1) is 0 Å². The van der Waals surface area contributed by atoms with Gasteiger partial charge in [-0.1, -0.05) is 26.0 Å². The minimum Gasteiger partial charge on any atom is -0.383 e. The number of aliphatic hydroxyl groups excluding tert-OH is 1. The van der Waals surface area contributed by atoms with Crippen molar-refractivity contribution >= 4 is 17.7 Å². The molecule has 8 nitrogen and oxygen atoms in total. The Labute approximate surface area is 163 Å². The minimum atomic E-state index is -1.42. The zero-order valence-electron chi connectivity index (χ0n) is 16.5. The molecule has 1 aromatic carbocycles. The van der Waals surface area contributed by atoms with Crippen LogP contribution in [0.25, 0.3) is 0 Å². The first-order chi connectivity index (χ1) is 13.1. The smallest absolute Gasteiger partial charge is 0.265 e. The van der Waals surface area contributed by atoms with Crippen molar-refractivity contribution in [2.45, 2.75) is 51.8 Å². The van der Waals surface area contributed by atoms with Crippen LogP contribution in [0, 0.1) is 11.7 Å². The third-order valence-corrected chi connectivity index (χ3v) is 4.37. The molecule has 0 heterocycles. The number of nitrogens with zero attached hydrogens (tertiary/aromatic N) is 1. The zero-order chi connectivity index (χ0) is 21.4. The summed E-state index contributed by atoms with van der Waals surface area (Å²) in [6.45, 7) is 4.98. The van der Waals surface area contributed by atoms with Gasteiger partial charge in [0.05, 0.1) is 0 Å². The van der Waals surface area contributed by atoms with E-state index in [4.69, 9.17) is 5.21 Å². The first-order valence-corrected chi connectivity index (χ1v) is 9.02. The van der Waals surface area contributed by atoms with Crippen molar-refractivity contribution in [3.05, 3.63) is 35.6 Å². The molecule has 3 atom stereocenters. The maximum absolute atomic E-state index is 13.2. The van der Waals surface area contributed by atoms with Gasteiger partial charge in [0.15, 0.2) is 0 Å². The summed E-state index contributed by atoms with van der Waals surface area (Å²) in [6, 6.07) is 2.99. The van der Waals surface area contributed by atoms with E-state index < -0.39 is 41.7 Å². The van der Waals surface area contributed by atoms with E-state index in [0.717, 1.165) is 4.90 Å². The van der Waals surface area contributed by atoms with Crippen LogP contribution in [0.4, 0.5) is 4.39 Å². The number of nitrogens with one attached hydrogen (secondary N) is 2. The lowest BCUT2D eigenvalue weighted by molar-refractivity contribution is -0.155. The Kier molecular flexibility index (Phi) is 9.01. The molecule has 0 aliphatic heterocycles. The summed E-state index contributed by atoms with van der Waals surface area (Å²) in [5.41, 5.74) is 2.03. The van der Waals surface area contributed by atoms with Crippen LogP contribution in [-0.2, 0) is 20.8 Å². The van der Waals surface area contributed by atoms with E-state index in [9.17, 15) is 23.9 Å². The Morgan fingerprint density at radius 3 is 2.14 bits per heavy atom. The Morgan fingerprint density at radius 1 is 1.11 bits per heavy atom. The van der Waals surface area contributed by atoms with Crippen LogP contribution in [0.15, 0.2) is 24.3 Å². The molecule has 0 bridgehead atoms. The normalized spacial score (nSPS) is 14.1. The van der Waals surface area contributed by atoms with E-state index in [-0.39, 0.29) is 18.8 Å². The quantitative estimate of drug-likeness (QED) is 0.360. The van der Waals surface area contributed by atoms with Crippen molar-refractivity contribution in [2.75, 3.05) is 7.05 Å². The highest BCUT2D eigenvalue weighted by atomic mass is 19.1. The molecule has 1 rings (SSSR count). The van der Waals surface area contributed by atoms with Crippen LogP contribution in [0.5, 0.6) is 0 Å². The summed E-state index contributed by atoms with van der Waals surface area (Å²) in [4.78, 5) is 38.4. The number of hydrogen-bond donors (Lipinski definition) is 4. The molecule has 0 saturated carbocycles. The molecule has 0 radical (unpaired) electrons. The molecule has 4 N–H and O–H groups in total. The summed E-state index contributed by atoms with van der Waals surface area (Å²) >= 11 is 0. The lowest BCUT2D eigenvalue weighted by atomic mass is 9.99. The van der Waals surface area contributed by atoms with E-state index in [2.05, 4.69) is 5.32 Å². The fourth-order valence-electron chi connectivity index (χ4n) is 2.88. The van der Waals surface area contributed by atoms with Crippen LogP contribution in [0.2, 0.25) is 0 Å². The molecule has 28 heavy (non-hydrogen) atoms. The van der Waals surface area contributed by atoms with E-state index in [0.29, 0.717) is 5.56 Å². The van der Waals surface area contributed by atoms with Gasteiger partial charge in [0.25, 0.3) is 11.8 Å². The van der Waals surface area contributed by atoms with Crippen molar-refractivity contribution in [1.29, 1.82) is 0 Å². The molecular formula is C19H28FN3O5. The molecule has 156 valence electrons. The Hall–Kier alpha value is -2.52. The molecule has 3 amide bonds. The van der Waals surface area contributed by atoms with Gasteiger partial charge < -0.3 is 15.3 Å². The minimum absolute atomic E-state index is 0.00155. The van der Waals surface area contributed by atoms with E-state index >= 15 is 0 Å². The van der Waals surface area contributed by atoms with Gasteiger partial charge in [0, 0.05) is 13.5 Å². The largest absolute Gasteiger partial charge is 0.383 e. The van der Waals surface area contributed by atoms with Gasteiger partial charge in [-0.25, -0.2) is 9.87 Å². The van der Waals surface area contributed by atoms with Crippen molar-refractivity contribution in [3.63, 3.8) is 0 Å². The predicted octanol–water partition coefficient (Wildman–Crippen LogP) is 0.612. The number of amides is 3. The molecule has 0 aliphatic carbocycles. The van der Waals surface area contributed by atoms with E-state index in [1.165, 1.54) is 43.7 Å². The molecule has 0 fully saturated rings. The van der Waals surface area contributed by atoms with Crippen LogP contribution < -0.4 is 10.8 Å². The first kappa shape index (κ1) is 23.5. The lowest BCUT2D eigenvalue weighted by Crippen LogP contribution is -2.59.